The van der Waals surface area contributed by atoms with Gasteiger partial charge >= 0.3 is 0 Å². The number of aliphatic hydroxyl groups excluding tert-OH is 1. The maximum absolute atomic E-state index is 12.8. The van der Waals surface area contributed by atoms with Crippen molar-refractivity contribution in [3.63, 3.8) is 0 Å². The van der Waals surface area contributed by atoms with E-state index in [1.807, 2.05) is 27.2 Å². The van der Waals surface area contributed by atoms with Crippen LogP contribution in [-0.2, 0) is 18.4 Å². The second kappa shape index (κ2) is 42.3. The van der Waals surface area contributed by atoms with Crippen molar-refractivity contribution in [3.8, 4) is 0 Å². The Kier molecular flexibility index (Phi) is 41.6. The van der Waals surface area contributed by atoms with Gasteiger partial charge in [0.05, 0.1) is 39.9 Å². The molecule has 0 aliphatic heterocycles. The highest BCUT2D eigenvalue weighted by Gasteiger charge is 2.23. The van der Waals surface area contributed by atoms with Gasteiger partial charge in [-0.05, 0) is 25.7 Å². The number of phosphoric acid groups is 1. The smallest absolute Gasteiger partial charge is 0.268 e. The molecule has 8 nitrogen and oxygen atoms in total. The van der Waals surface area contributed by atoms with E-state index in [0.717, 1.165) is 38.5 Å². The van der Waals surface area contributed by atoms with E-state index in [2.05, 4.69) is 31.3 Å². The standard InChI is InChI=1S/C50H99N2O6P/c1-6-8-10-12-14-16-17-18-19-20-21-22-23-24-25-26-27-28-29-30-31-32-33-34-35-36-38-40-42-44-50(54)51-48(47-58-59(55,56)57-46-45-52(3,4)5)49(53)43-41-39-37-15-13-11-9-7-2/h13,15,41,43,48-49,53H,6-12,14,16-40,42,44-47H2,1-5H3,(H-,51,54,55,56)/b15-13+,43-41+. The maximum Gasteiger partial charge on any atom is 0.268 e. The van der Waals surface area contributed by atoms with Crippen molar-refractivity contribution >= 4 is 13.7 Å². The van der Waals surface area contributed by atoms with Crippen LogP contribution in [0.2, 0.25) is 0 Å². The number of carbonyl (C=O) groups excluding carboxylic acids is 1. The second-order valence-corrected chi connectivity index (χ2v) is 19.9. The molecular formula is C50H99N2O6P. The third-order valence-electron chi connectivity index (χ3n) is 11.4. The first-order chi connectivity index (χ1) is 28.5. The zero-order valence-electron chi connectivity index (χ0n) is 39.7. The number of amides is 1. The number of unbranched alkanes of at least 4 members (excludes halogenated alkanes) is 31. The topological polar surface area (TPSA) is 108 Å². The van der Waals surface area contributed by atoms with Crippen molar-refractivity contribution in [2.45, 2.75) is 251 Å². The van der Waals surface area contributed by atoms with Crippen molar-refractivity contribution in [1.82, 2.24) is 5.32 Å². The summed E-state index contributed by atoms with van der Waals surface area (Å²) in [4.78, 5) is 25.2. The van der Waals surface area contributed by atoms with Crippen molar-refractivity contribution in [2.75, 3.05) is 40.9 Å². The second-order valence-electron chi connectivity index (χ2n) is 18.5. The first-order valence-electron chi connectivity index (χ1n) is 25.2. The molecule has 0 aromatic heterocycles. The minimum atomic E-state index is -4.59. The number of hydrogen-bond acceptors (Lipinski definition) is 6. The highest BCUT2D eigenvalue weighted by molar-refractivity contribution is 7.45. The lowest BCUT2D eigenvalue weighted by Crippen LogP contribution is -2.45. The van der Waals surface area contributed by atoms with E-state index in [9.17, 15) is 19.4 Å². The summed E-state index contributed by atoms with van der Waals surface area (Å²) < 4.78 is 23.1. The molecule has 0 aliphatic rings. The lowest BCUT2D eigenvalue weighted by molar-refractivity contribution is -0.870. The maximum atomic E-state index is 12.8. The molecule has 0 aliphatic carbocycles. The number of nitrogens with one attached hydrogen (secondary N) is 1. The molecule has 0 aromatic rings. The molecule has 0 rings (SSSR count). The number of hydrogen-bond donors (Lipinski definition) is 2. The normalized spacial score (nSPS) is 14.4. The van der Waals surface area contributed by atoms with Gasteiger partial charge in [0, 0.05) is 6.42 Å². The van der Waals surface area contributed by atoms with Gasteiger partial charge in [-0.3, -0.25) is 9.36 Å². The fourth-order valence-electron chi connectivity index (χ4n) is 7.39. The van der Waals surface area contributed by atoms with Crippen LogP contribution in [0.25, 0.3) is 0 Å². The van der Waals surface area contributed by atoms with Gasteiger partial charge in [-0.15, -0.1) is 0 Å². The Morgan fingerprint density at radius 2 is 0.949 bits per heavy atom. The van der Waals surface area contributed by atoms with Crippen molar-refractivity contribution in [1.29, 1.82) is 0 Å². The molecule has 0 spiro atoms. The van der Waals surface area contributed by atoms with Crippen LogP contribution in [0.3, 0.4) is 0 Å². The SMILES string of the molecule is CCCC/C=C/CC/C=C/C(O)C(COP(=O)([O-])OCC[N+](C)(C)C)NC(=O)CCCCCCCCCCCCCCCCCCCCCCCCCCCCCCC. The van der Waals surface area contributed by atoms with E-state index < -0.39 is 20.0 Å². The Labute approximate surface area is 366 Å². The van der Waals surface area contributed by atoms with Crippen LogP contribution < -0.4 is 10.2 Å². The minimum Gasteiger partial charge on any atom is -0.756 e. The monoisotopic (exact) mass is 855 g/mol. The Balaban J connectivity index is 3.95. The lowest BCUT2D eigenvalue weighted by Gasteiger charge is -2.29. The van der Waals surface area contributed by atoms with E-state index in [-0.39, 0.29) is 19.1 Å². The number of quaternary nitrogens is 1. The molecule has 0 saturated carbocycles. The number of phosphoric ester groups is 1. The summed E-state index contributed by atoms with van der Waals surface area (Å²) in [5, 5.41) is 13.7. The number of nitrogens with zero attached hydrogens (tertiary/aromatic N) is 1. The van der Waals surface area contributed by atoms with Gasteiger partial charge in [-0.1, -0.05) is 231 Å². The van der Waals surface area contributed by atoms with Crippen LogP contribution in [0, 0.1) is 0 Å². The van der Waals surface area contributed by atoms with Crippen LogP contribution in [0.5, 0.6) is 0 Å². The quantitative estimate of drug-likeness (QED) is 0.0273. The van der Waals surface area contributed by atoms with Gasteiger partial charge in [0.2, 0.25) is 5.91 Å². The van der Waals surface area contributed by atoms with Crippen molar-refractivity contribution < 1.29 is 32.9 Å². The minimum absolute atomic E-state index is 0.00476. The van der Waals surface area contributed by atoms with Crippen LogP contribution >= 0.6 is 7.82 Å². The summed E-state index contributed by atoms with van der Waals surface area (Å²) in [6, 6.07) is -0.896. The summed E-state index contributed by atoms with van der Waals surface area (Å²) in [5.74, 6) is -0.207. The molecule has 9 heteroatoms. The molecule has 1 amide bonds. The van der Waals surface area contributed by atoms with Crippen LogP contribution in [0.15, 0.2) is 24.3 Å². The van der Waals surface area contributed by atoms with Crippen LogP contribution in [-0.4, -0.2) is 68.5 Å². The molecule has 0 aromatic carbocycles. The van der Waals surface area contributed by atoms with Crippen molar-refractivity contribution in [3.05, 3.63) is 24.3 Å². The van der Waals surface area contributed by atoms with E-state index in [4.69, 9.17) is 9.05 Å². The fraction of sp³-hybridized carbons (Fsp3) is 0.900. The Hall–Kier alpha value is -1.02. The number of likely N-dealkylation sites (N-methyl/N-ethyl adjacent to an activating group) is 1. The molecule has 2 N–H and O–H groups in total. The molecule has 350 valence electrons. The number of allylic oxidation sites excluding steroid dienone is 3. The summed E-state index contributed by atoms with van der Waals surface area (Å²) in [6.45, 7) is 4.57. The molecule has 0 radical (unpaired) electrons. The Morgan fingerprint density at radius 1 is 0.576 bits per heavy atom. The first-order valence-corrected chi connectivity index (χ1v) is 26.7. The third kappa shape index (κ3) is 44.8. The van der Waals surface area contributed by atoms with Gasteiger partial charge in [0.15, 0.2) is 0 Å². The van der Waals surface area contributed by atoms with Crippen LogP contribution in [0.4, 0.5) is 0 Å². The Bertz CT molecular complexity index is 1020. The van der Waals surface area contributed by atoms with Crippen molar-refractivity contribution in [2.24, 2.45) is 0 Å². The average Bonchev–Trinajstić information content (AvgIpc) is 3.19. The highest BCUT2D eigenvalue weighted by atomic mass is 31.2. The molecule has 0 saturated heterocycles. The summed E-state index contributed by atoms with van der Waals surface area (Å²) in [7, 11) is 1.25. The van der Waals surface area contributed by atoms with Gasteiger partial charge in [0.25, 0.3) is 7.82 Å². The third-order valence-corrected chi connectivity index (χ3v) is 12.4. The molecule has 59 heavy (non-hydrogen) atoms. The number of carbonyl (C=O) groups is 1. The highest BCUT2D eigenvalue weighted by Crippen LogP contribution is 2.38. The molecule has 3 atom stereocenters. The van der Waals surface area contributed by atoms with Gasteiger partial charge in [-0.2, -0.15) is 0 Å². The molecule has 0 bridgehead atoms. The van der Waals surface area contributed by atoms with Crippen LogP contribution in [0.1, 0.15) is 239 Å². The van der Waals surface area contributed by atoms with E-state index in [1.54, 1.807) is 6.08 Å². The van der Waals surface area contributed by atoms with Gasteiger partial charge in [-0.25, -0.2) is 0 Å². The molecule has 3 unspecified atom stereocenters. The van der Waals surface area contributed by atoms with E-state index in [0.29, 0.717) is 17.4 Å². The summed E-state index contributed by atoms with van der Waals surface area (Å²) >= 11 is 0. The number of rotatable bonds is 46. The van der Waals surface area contributed by atoms with Gasteiger partial charge in [0.1, 0.15) is 13.2 Å². The summed E-state index contributed by atoms with van der Waals surface area (Å²) in [5.41, 5.74) is 0. The lowest BCUT2D eigenvalue weighted by atomic mass is 10.0. The molecule has 0 fully saturated rings. The average molecular weight is 855 g/mol. The van der Waals surface area contributed by atoms with E-state index in [1.165, 1.54) is 180 Å². The predicted molar refractivity (Wildman–Crippen MR) is 252 cm³/mol. The molecular weight excluding hydrogens is 756 g/mol. The van der Waals surface area contributed by atoms with Gasteiger partial charge < -0.3 is 28.8 Å². The zero-order valence-corrected chi connectivity index (χ0v) is 40.6. The summed E-state index contributed by atoms with van der Waals surface area (Å²) in [6.07, 6.45) is 51.4. The Morgan fingerprint density at radius 3 is 1.36 bits per heavy atom. The first kappa shape index (κ1) is 58.0. The predicted octanol–water partition coefficient (Wildman–Crippen LogP) is 13.8. The molecule has 0 heterocycles. The fourth-order valence-corrected chi connectivity index (χ4v) is 8.11. The number of aliphatic hydroxyl groups is 1. The zero-order chi connectivity index (χ0) is 43.6. The van der Waals surface area contributed by atoms with E-state index >= 15 is 0 Å². The largest absolute Gasteiger partial charge is 0.756 e.